The van der Waals surface area contributed by atoms with Crippen molar-refractivity contribution in [1.82, 2.24) is 10.3 Å². The van der Waals surface area contributed by atoms with Gasteiger partial charge < -0.3 is 5.32 Å². The lowest BCUT2D eigenvalue weighted by Gasteiger charge is -2.32. The van der Waals surface area contributed by atoms with E-state index >= 15 is 0 Å². The Kier molecular flexibility index (Phi) is 4.06. The molecule has 0 aromatic carbocycles. The molecule has 2 aliphatic rings. The number of nitrogens with one attached hydrogen (secondary N) is 1. The Balaban J connectivity index is 1.52. The van der Waals surface area contributed by atoms with E-state index in [-0.39, 0.29) is 0 Å². The van der Waals surface area contributed by atoms with E-state index in [4.69, 9.17) is 4.99 Å². The summed E-state index contributed by atoms with van der Waals surface area (Å²) in [5.41, 5.74) is 1.69. The van der Waals surface area contributed by atoms with E-state index < -0.39 is 0 Å². The highest BCUT2D eigenvalue weighted by Gasteiger charge is 2.37. The van der Waals surface area contributed by atoms with Crippen molar-refractivity contribution in [3.8, 4) is 0 Å². The second kappa shape index (κ2) is 5.95. The van der Waals surface area contributed by atoms with Gasteiger partial charge in [0.1, 0.15) is 0 Å². The van der Waals surface area contributed by atoms with Crippen LogP contribution < -0.4 is 5.32 Å². The third-order valence-electron chi connectivity index (χ3n) is 4.07. The van der Waals surface area contributed by atoms with Crippen molar-refractivity contribution in [2.75, 3.05) is 12.3 Å². The number of aliphatic imine (C=N–C) groups is 1. The van der Waals surface area contributed by atoms with E-state index in [1.807, 2.05) is 24.2 Å². The molecule has 102 valence electrons. The van der Waals surface area contributed by atoms with Gasteiger partial charge in [0.25, 0.3) is 0 Å². The Morgan fingerprint density at radius 1 is 1.21 bits per heavy atom. The summed E-state index contributed by atoms with van der Waals surface area (Å²) >= 11 is 1.91. The van der Waals surface area contributed by atoms with Crippen molar-refractivity contribution in [2.45, 2.75) is 44.1 Å². The van der Waals surface area contributed by atoms with Crippen molar-refractivity contribution < 1.29 is 0 Å². The van der Waals surface area contributed by atoms with E-state index in [9.17, 15) is 0 Å². The predicted octanol–water partition coefficient (Wildman–Crippen LogP) is 3.02. The van der Waals surface area contributed by atoms with Crippen molar-refractivity contribution in [3.63, 3.8) is 0 Å². The second-order valence-electron chi connectivity index (χ2n) is 5.55. The van der Waals surface area contributed by atoms with Gasteiger partial charge in [-0.2, -0.15) is 0 Å². The number of amidine groups is 1. The van der Waals surface area contributed by atoms with Crippen LogP contribution in [-0.2, 0) is 6.42 Å². The molecule has 2 heterocycles. The van der Waals surface area contributed by atoms with Crippen LogP contribution in [0.4, 0.5) is 0 Å². The average molecular weight is 275 g/mol. The molecule has 0 amide bonds. The third kappa shape index (κ3) is 3.30. The number of hydrogen-bond donors (Lipinski definition) is 1. The normalized spacial score (nSPS) is 23.7. The molecule has 1 spiro atoms. The maximum atomic E-state index is 4.72. The van der Waals surface area contributed by atoms with Crippen LogP contribution in [0.3, 0.4) is 0 Å². The molecular formula is C15H21N3S. The first-order valence-corrected chi connectivity index (χ1v) is 8.19. The lowest BCUT2D eigenvalue weighted by Crippen LogP contribution is -2.45. The zero-order chi connectivity index (χ0) is 13.0. The highest BCUT2D eigenvalue weighted by molar-refractivity contribution is 8.14. The third-order valence-corrected chi connectivity index (χ3v) is 5.27. The summed E-state index contributed by atoms with van der Waals surface area (Å²) in [6.45, 7) is 0.870. The van der Waals surface area contributed by atoms with Crippen LogP contribution in [-0.4, -0.2) is 28.0 Å². The quantitative estimate of drug-likeness (QED) is 0.921. The van der Waals surface area contributed by atoms with Crippen LogP contribution in [0.15, 0.2) is 29.5 Å². The van der Waals surface area contributed by atoms with Crippen LogP contribution in [0.5, 0.6) is 0 Å². The molecule has 1 aromatic heterocycles. The zero-order valence-electron chi connectivity index (χ0n) is 11.3. The summed E-state index contributed by atoms with van der Waals surface area (Å²) < 4.78 is 0. The second-order valence-corrected chi connectivity index (χ2v) is 6.51. The minimum atomic E-state index is 0.373. The first kappa shape index (κ1) is 13.0. The van der Waals surface area contributed by atoms with E-state index in [0.29, 0.717) is 5.54 Å². The molecule has 0 unspecified atom stereocenters. The Hall–Kier alpha value is -1.03. The fraction of sp³-hybridized carbons (Fsp3) is 0.600. The van der Waals surface area contributed by atoms with Gasteiger partial charge in [-0.15, -0.1) is 0 Å². The Morgan fingerprint density at radius 3 is 2.79 bits per heavy atom. The highest BCUT2D eigenvalue weighted by atomic mass is 32.2. The Labute approximate surface area is 119 Å². The predicted molar refractivity (Wildman–Crippen MR) is 81.7 cm³/mol. The highest BCUT2D eigenvalue weighted by Crippen LogP contribution is 2.36. The number of hydrogen-bond acceptors (Lipinski definition) is 3. The lowest BCUT2D eigenvalue weighted by molar-refractivity contribution is 0.303. The summed E-state index contributed by atoms with van der Waals surface area (Å²) in [5, 5.41) is 4.86. The van der Waals surface area contributed by atoms with Gasteiger partial charge in [0.05, 0.1) is 0 Å². The topological polar surface area (TPSA) is 37.3 Å². The molecule has 1 aromatic rings. The summed E-state index contributed by atoms with van der Waals surface area (Å²) in [6.07, 6.45) is 11.5. The molecule has 0 atom stereocenters. The van der Waals surface area contributed by atoms with Gasteiger partial charge in [0, 0.05) is 30.2 Å². The number of aromatic nitrogens is 1. The van der Waals surface area contributed by atoms with Gasteiger partial charge in [-0.25, -0.2) is 0 Å². The van der Waals surface area contributed by atoms with Gasteiger partial charge in [0.15, 0.2) is 5.17 Å². The largest absolute Gasteiger partial charge is 0.359 e. The molecule has 1 aliphatic heterocycles. The Bertz CT molecular complexity index is 438. The average Bonchev–Trinajstić information content (AvgIpc) is 2.84. The van der Waals surface area contributed by atoms with Gasteiger partial charge in [0.2, 0.25) is 0 Å². The molecule has 1 saturated heterocycles. The molecule has 1 N–H and O–H groups in total. The first-order chi connectivity index (χ1) is 9.36. The van der Waals surface area contributed by atoms with Gasteiger partial charge in [-0.3, -0.25) is 9.98 Å². The first-order valence-electron chi connectivity index (χ1n) is 7.21. The fourth-order valence-corrected chi connectivity index (χ4v) is 4.17. The van der Waals surface area contributed by atoms with Crippen molar-refractivity contribution in [2.24, 2.45) is 4.99 Å². The van der Waals surface area contributed by atoms with Gasteiger partial charge in [-0.1, -0.05) is 31.0 Å². The van der Waals surface area contributed by atoms with E-state index in [0.717, 1.165) is 18.1 Å². The molecule has 4 heteroatoms. The number of rotatable bonds is 3. The minimum Gasteiger partial charge on any atom is -0.359 e. The van der Waals surface area contributed by atoms with Gasteiger partial charge >= 0.3 is 0 Å². The molecule has 2 fully saturated rings. The fourth-order valence-electron chi connectivity index (χ4n) is 2.92. The minimum absolute atomic E-state index is 0.373. The maximum absolute atomic E-state index is 4.72. The van der Waals surface area contributed by atoms with Crippen LogP contribution in [0, 0.1) is 0 Å². The van der Waals surface area contributed by atoms with E-state index in [1.165, 1.54) is 43.4 Å². The van der Waals surface area contributed by atoms with Crippen LogP contribution >= 0.6 is 11.8 Å². The van der Waals surface area contributed by atoms with Crippen molar-refractivity contribution in [3.05, 3.63) is 30.1 Å². The number of thioether (sulfide) groups is 1. The molecular weight excluding hydrogens is 254 g/mol. The number of pyridine rings is 1. The van der Waals surface area contributed by atoms with E-state index in [1.54, 1.807) is 0 Å². The van der Waals surface area contributed by atoms with Crippen LogP contribution in [0.1, 0.15) is 37.7 Å². The lowest BCUT2D eigenvalue weighted by atomic mass is 9.83. The molecule has 3 nitrogen and oxygen atoms in total. The standard InChI is InChI=1S/C15H21N3S/c1-2-7-15(8-3-1)12-19-14(18-15)17-11-6-13-4-9-16-10-5-13/h4-5,9-10H,1-3,6-8,11-12H2,(H,17,18). The summed E-state index contributed by atoms with van der Waals surface area (Å²) in [6, 6.07) is 4.13. The molecule has 3 rings (SSSR count). The Morgan fingerprint density at radius 2 is 2.00 bits per heavy atom. The SMILES string of the molecule is c1cc(CCN=C2NC3(CCCCC3)CS2)ccn1. The number of nitrogens with zero attached hydrogens (tertiary/aromatic N) is 2. The van der Waals surface area contributed by atoms with E-state index in [2.05, 4.69) is 22.4 Å². The van der Waals surface area contributed by atoms with Crippen molar-refractivity contribution in [1.29, 1.82) is 0 Å². The van der Waals surface area contributed by atoms with Gasteiger partial charge in [-0.05, 0) is 37.0 Å². The van der Waals surface area contributed by atoms with Crippen LogP contribution in [0.2, 0.25) is 0 Å². The summed E-state index contributed by atoms with van der Waals surface area (Å²) in [4.78, 5) is 8.75. The molecule has 1 saturated carbocycles. The molecule has 0 bridgehead atoms. The zero-order valence-corrected chi connectivity index (χ0v) is 12.1. The summed E-state index contributed by atoms with van der Waals surface area (Å²) in [5.74, 6) is 1.21. The molecule has 0 radical (unpaired) electrons. The molecule has 1 aliphatic carbocycles. The molecule has 19 heavy (non-hydrogen) atoms. The smallest absolute Gasteiger partial charge is 0.157 e. The summed E-state index contributed by atoms with van der Waals surface area (Å²) in [7, 11) is 0. The monoisotopic (exact) mass is 275 g/mol. The van der Waals surface area contributed by atoms with Crippen molar-refractivity contribution >= 4 is 16.9 Å². The maximum Gasteiger partial charge on any atom is 0.157 e. The van der Waals surface area contributed by atoms with Crippen LogP contribution in [0.25, 0.3) is 0 Å².